The molecule has 0 radical (unpaired) electrons. The third kappa shape index (κ3) is 3.17. The molecule has 0 bridgehead atoms. The normalized spacial score (nSPS) is 10.4. The van der Waals surface area contributed by atoms with Crippen LogP contribution in [0, 0.1) is 13.8 Å². The summed E-state index contributed by atoms with van der Waals surface area (Å²) in [7, 11) is 0. The van der Waals surface area contributed by atoms with Crippen LogP contribution in [0.3, 0.4) is 0 Å². The Balaban J connectivity index is 2.31. The summed E-state index contributed by atoms with van der Waals surface area (Å²) in [5.41, 5.74) is 4.26. The first-order valence-electron chi connectivity index (χ1n) is 6.55. The van der Waals surface area contributed by atoms with Crippen LogP contribution >= 0.6 is 11.6 Å². The fraction of sp³-hybridized carbons (Fsp3) is 0.250. The van der Waals surface area contributed by atoms with Gasteiger partial charge in [0.15, 0.2) is 0 Å². The molecule has 1 aromatic carbocycles. The zero-order valence-corrected chi connectivity index (χ0v) is 12.6. The molecule has 0 aliphatic heterocycles. The van der Waals surface area contributed by atoms with Gasteiger partial charge in [0.1, 0.15) is 5.15 Å². The summed E-state index contributed by atoms with van der Waals surface area (Å²) in [5, 5.41) is 3.29. The van der Waals surface area contributed by atoms with Crippen molar-refractivity contribution in [3.05, 3.63) is 57.9 Å². The average Bonchev–Trinajstić information content (AvgIpc) is 2.42. The largest absolute Gasteiger partial charge is 0.322 e. The molecule has 3 nitrogen and oxygen atoms in total. The smallest absolute Gasteiger partial charge is 0.255 e. The molecular weight excluding hydrogens is 272 g/mol. The maximum atomic E-state index is 12.3. The predicted octanol–water partition coefficient (Wildman–Crippen LogP) is 4.17. The van der Waals surface area contributed by atoms with Gasteiger partial charge in [0.25, 0.3) is 5.91 Å². The zero-order valence-electron chi connectivity index (χ0n) is 11.8. The number of carbonyl (C=O) groups excluding carboxylic acids is 1. The Morgan fingerprint density at radius 1 is 1.25 bits per heavy atom. The van der Waals surface area contributed by atoms with E-state index in [1.165, 1.54) is 0 Å². The Hall–Kier alpha value is -1.87. The Morgan fingerprint density at radius 3 is 2.50 bits per heavy atom. The van der Waals surface area contributed by atoms with Crippen molar-refractivity contribution in [2.24, 2.45) is 0 Å². The Kier molecular flexibility index (Phi) is 4.40. The van der Waals surface area contributed by atoms with E-state index in [2.05, 4.69) is 10.3 Å². The van der Waals surface area contributed by atoms with Crippen molar-refractivity contribution in [3.8, 4) is 0 Å². The summed E-state index contributed by atoms with van der Waals surface area (Å²) in [6.07, 6.45) is 0.740. The van der Waals surface area contributed by atoms with E-state index in [9.17, 15) is 4.79 Å². The number of para-hydroxylation sites is 1. The third-order valence-corrected chi connectivity index (χ3v) is 3.38. The van der Waals surface area contributed by atoms with Crippen molar-refractivity contribution in [2.75, 3.05) is 5.32 Å². The first-order chi connectivity index (χ1) is 9.51. The SMILES string of the molecule is CCc1cc(C(=O)Nc2c(C)cccc2C)cc(Cl)n1. The molecule has 2 aromatic rings. The Bertz CT molecular complexity index is 633. The quantitative estimate of drug-likeness (QED) is 0.862. The first kappa shape index (κ1) is 14.5. The highest BCUT2D eigenvalue weighted by molar-refractivity contribution is 6.29. The van der Waals surface area contributed by atoms with Crippen molar-refractivity contribution in [2.45, 2.75) is 27.2 Å². The van der Waals surface area contributed by atoms with Crippen LogP contribution in [0.25, 0.3) is 0 Å². The van der Waals surface area contributed by atoms with Gasteiger partial charge in [-0.25, -0.2) is 4.98 Å². The molecule has 1 N–H and O–H groups in total. The number of amides is 1. The number of hydrogen-bond acceptors (Lipinski definition) is 2. The molecule has 1 aromatic heterocycles. The van der Waals surface area contributed by atoms with Crippen molar-refractivity contribution >= 4 is 23.2 Å². The van der Waals surface area contributed by atoms with Crippen molar-refractivity contribution < 1.29 is 4.79 Å². The fourth-order valence-electron chi connectivity index (χ4n) is 2.06. The molecule has 0 saturated heterocycles. The number of nitrogens with one attached hydrogen (secondary N) is 1. The monoisotopic (exact) mass is 288 g/mol. The first-order valence-corrected chi connectivity index (χ1v) is 6.93. The second-order valence-corrected chi connectivity index (χ2v) is 5.13. The minimum absolute atomic E-state index is 0.165. The van der Waals surface area contributed by atoms with Gasteiger partial charge in [-0.05, 0) is 43.5 Å². The second kappa shape index (κ2) is 6.06. The maximum absolute atomic E-state index is 12.3. The van der Waals surface area contributed by atoms with Gasteiger partial charge in [-0.2, -0.15) is 0 Å². The standard InChI is InChI=1S/C16H17ClN2O/c1-4-13-8-12(9-14(17)18-13)16(20)19-15-10(2)6-5-7-11(15)3/h5-9H,4H2,1-3H3,(H,19,20). The lowest BCUT2D eigenvalue weighted by Crippen LogP contribution is -2.14. The fourth-order valence-corrected chi connectivity index (χ4v) is 2.29. The van der Waals surface area contributed by atoms with Gasteiger partial charge in [-0.3, -0.25) is 4.79 Å². The number of nitrogens with zero attached hydrogens (tertiary/aromatic N) is 1. The minimum atomic E-state index is -0.165. The van der Waals surface area contributed by atoms with Gasteiger partial charge in [-0.15, -0.1) is 0 Å². The molecule has 1 heterocycles. The number of halogens is 1. The lowest BCUT2D eigenvalue weighted by molar-refractivity contribution is 0.102. The van der Waals surface area contributed by atoms with Gasteiger partial charge < -0.3 is 5.32 Å². The number of aromatic nitrogens is 1. The number of benzene rings is 1. The molecule has 1 amide bonds. The molecule has 2 rings (SSSR count). The van der Waals surface area contributed by atoms with Gasteiger partial charge in [0.05, 0.1) is 0 Å². The third-order valence-electron chi connectivity index (χ3n) is 3.19. The van der Waals surface area contributed by atoms with E-state index in [-0.39, 0.29) is 5.91 Å². The highest BCUT2D eigenvalue weighted by Crippen LogP contribution is 2.21. The molecule has 0 spiro atoms. The lowest BCUT2D eigenvalue weighted by atomic mass is 10.1. The molecule has 4 heteroatoms. The Morgan fingerprint density at radius 2 is 1.90 bits per heavy atom. The number of rotatable bonds is 3. The molecule has 0 unspecified atom stereocenters. The van der Waals surface area contributed by atoms with Gasteiger partial charge >= 0.3 is 0 Å². The minimum Gasteiger partial charge on any atom is -0.322 e. The average molecular weight is 289 g/mol. The van der Waals surface area contributed by atoms with Crippen LogP contribution in [-0.4, -0.2) is 10.9 Å². The molecule has 104 valence electrons. The van der Waals surface area contributed by atoms with E-state index >= 15 is 0 Å². The van der Waals surface area contributed by atoms with Crippen LogP contribution < -0.4 is 5.32 Å². The molecule has 0 aliphatic carbocycles. The van der Waals surface area contributed by atoms with Crippen LogP contribution in [0.2, 0.25) is 5.15 Å². The Labute approximate surface area is 124 Å². The number of pyridine rings is 1. The summed E-state index contributed by atoms with van der Waals surface area (Å²) in [6.45, 7) is 5.92. The van der Waals surface area contributed by atoms with E-state index in [0.29, 0.717) is 10.7 Å². The number of anilines is 1. The van der Waals surface area contributed by atoms with E-state index in [4.69, 9.17) is 11.6 Å². The van der Waals surface area contributed by atoms with Crippen LogP contribution in [0.5, 0.6) is 0 Å². The van der Waals surface area contributed by atoms with Crippen molar-refractivity contribution in [3.63, 3.8) is 0 Å². The molecule has 0 aliphatic rings. The molecule has 0 atom stereocenters. The van der Waals surface area contributed by atoms with Crippen LogP contribution in [0.1, 0.15) is 34.1 Å². The molecule has 0 saturated carbocycles. The number of carbonyl (C=O) groups is 1. The number of aryl methyl sites for hydroxylation is 3. The topological polar surface area (TPSA) is 42.0 Å². The van der Waals surface area contributed by atoms with E-state index in [1.54, 1.807) is 12.1 Å². The second-order valence-electron chi connectivity index (χ2n) is 4.74. The van der Waals surface area contributed by atoms with E-state index in [0.717, 1.165) is 28.9 Å². The number of hydrogen-bond donors (Lipinski definition) is 1. The highest BCUT2D eigenvalue weighted by atomic mass is 35.5. The van der Waals surface area contributed by atoms with Gasteiger partial charge in [-0.1, -0.05) is 36.7 Å². The summed E-state index contributed by atoms with van der Waals surface area (Å²) in [4.78, 5) is 16.5. The summed E-state index contributed by atoms with van der Waals surface area (Å²) in [5.74, 6) is -0.165. The molecular formula is C16H17ClN2O. The summed E-state index contributed by atoms with van der Waals surface area (Å²) >= 11 is 5.95. The van der Waals surface area contributed by atoms with Crippen LogP contribution in [-0.2, 0) is 6.42 Å². The van der Waals surface area contributed by atoms with Crippen molar-refractivity contribution in [1.82, 2.24) is 4.98 Å². The molecule has 20 heavy (non-hydrogen) atoms. The summed E-state index contributed by atoms with van der Waals surface area (Å²) < 4.78 is 0. The lowest BCUT2D eigenvalue weighted by Gasteiger charge is -2.12. The summed E-state index contributed by atoms with van der Waals surface area (Å²) in [6, 6.07) is 9.27. The zero-order chi connectivity index (χ0) is 14.7. The van der Waals surface area contributed by atoms with E-state index < -0.39 is 0 Å². The molecule has 0 fully saturated rings. The predicted molar refractivity (Wildman–Crippen MR) is 82.5 cm³/mol. The van der Waals surface area contributed by atoms with Crippen LogP contribution in [0.4, 0.5) is 5.69 Å². The van der Waals surface area contributed by atoms with E-state index in [1.807, 2.05) is 39.0 Å². The highest BCUT2D eigenvalue weighted by Gasteiger charge is 2.11. The van der Waals surface area contributed by atoms with Crippen LogP contribution in [0.15, 0.2) is 30.3 Å². The van der Waals surface area contributed by atoms with Crippen molar-refractivity contribution in [1.29, 1.82) is 0 Å². The van der Waals surface area contributed by atoms with Gasteiger partial charge in [0.2, 0.25) is 0 Å². The maximum Gasteiger partial charge on any atom is 0.255 e. The van der Waals surface area contributed by atoms with Gasteiger partial charge in [0, 0.05) is 16.9 Å².